The van der Waals surface area contributed by atoms with Gasteiger partial charge in [0.15, 0.2) is 0 Å². The fraction of sp³-hybridized carbons (Fsp3) is 0.750. The molecule has 1 fully saturated rings. The van der Waals surface area contributed by atoms with Crippen molar-refractivity contribution in [3.8, 4) is 5.75 Å². The summed E-state index contributed by atoms with van der Waals surface area (Å²) in [6, 6.07) is 6.80. The Kier molecular flexibility index (Phi) is 18.7. The highest BCUT2D eigenvalue weighted by Gasteiger charge is 2.21. The zero-order chi connectivity index (χ0) is 24.0. The Labute approximate surface area is 202 Å². The van der Waals surface area contributed by atoms with Crippen molar-refractivity contribution in [1.82, 2.24) is 5.32 Å². The number of rotatable bonds is 17. The van der Waals surface area contributed by atoms with Gasteiger partial charge in [0.1, 0.15) is 5.75 Å². The third kappa shape index (κ3) is 15.8. The number of hydrogen-bond donors (Lipinski definition) is 3. The van der Waals surface area contributed by atoms with E-state index >= 15 is 0 Å². The van der Waals surface area contributed by atoms with Crippen molar-refractivity contribution in [3.05, 3.63) is 29.8 Å². The van der Waals surface area contributed by atoms with E-state index in [0.29, 0.717) is 12.0 Å². The molecule has 1 aromatic carbocycles. The lowest BCUT2D eigenvalue weighted by Gasteiger charge is -2.14. The lowest BCUT2D eigenvalue weighted by atomic mass is 9.92. The Bertz CT molecular complexity index is 578. The molecule has 190 valence electrons. The molecular formula is C28H49NO4. The zero-order valence-corrected chi connectivity index (χ0v) is 21.0. The summed E-state index contributed by atoms with van der Waals surface area (Å²) in [5, 5.41) is 22.5. The fourth-order valence-corrected chi connectivity index (χ4v) is 4.25. The van der Waals surface area contributed by atoms with Crippen LogP contribution in [0.5, 0.6) is 5.75 Å². The molecule has 0 amide bonds. The van der Waals surface area contributed by atoms with E-state index in [1.165, 1.54) is 77.0 Å². The summed E-state index contributed by atoms with van der Waals surface area (Å²) in [6.45, 7) is 6.10. The molecule has 1 aliphatic heterocycles. The van der Waals surface area contributed by atoms with E-state index < -0.39 is 11.9 Å². The van der Waals surface area contributed by atoms with E-state index in [1.807, 2.05) is 0 Å². The molecule has 5 nitrogen and oxygen atoms in total. The van der Waals surface area contributed by atoms with Gasteiger partial charge < -0.3 is 20.3 Å². The molecule has 33 heavy (non-hydrogen) atoms. The zero-order valence-electron chi connectivity index (χ0n) is 21.0. The average Bonchev–Trinajstić information content (AvgIpc) is 2.84. The van der Waals surface area contributed by atoms with E-state index in [1.54, 1.807) is 24.3 Å². The first-order valence-corrected chi connectivity index (χ1v) is 13.5. The lowest BCUT2D eigenvalue weighted by Crippen LogP contribution is -2.30. The molecule has 0 aliphatic carbocycles. The van der Waals surface area contributed by atoms with Crippen LogP contribution >= 0.6 is 0 Å². The van der Waals surface area contributed by atoms with E-state index in [4.69, 9.17) is 4.74 Å². The van der Waals surface area contributed by atoms with Gasteiger partial charge in [-0.05, 0) is 12.5 Å². The van der Waals surface area contributed by atoms with Crippen LogP contribution in [0, 0.1) is 0 Å². The Morgan fingerprint density at radius 3 is 1.73 bits per heavy atom. The highest BCUT2D eigenvalue weighted by atomic mass is 16.5. The second-order valence-corrected chi connectivity index (χ2v) is 9.20. The predicted molar refractivity (Wildman–Crippen MR) is 137 cm³/mol. The van der Waals surface area contributed by atoms with Crippen LogP contribution in [0.25, 0.3) is 0 Å². The van der Waals surface area contributed by atoms with Crippen LogP contribution in [-0.2, 0) is 9.53 Å². The maximum Gasteiger partial charge on any atom is 0.311 e. The van der Waals surface area contributed by atoms with Gasteiger partial charge in [0, 0.05) is 18.7 Å². The third-order valence-electron chi connectivity index (χ3n) is 6.30. The number of phenolic OH excluding ortho intramolecular Hbond substituents is 1. The topological polar surface area (TPSA) is 78.8 Å². The molecule has 1 unspecified atom stereocenters. The van der Waals surface area contributed by atoms with Gasteiger partial charge in [0.25, 0.3) is 0 Å². The normalized spacial score (nSPS) is 14.3. The summed E-state index contributed by atoms with van der Waals surface area (Å²) in [4.78, 5) is 11.5. The minimum atomic E-state index is -0.841. The molecule has 1 heterocycles. The predicted octanol–water partition coefficient (Wildman–Crippen LogP) is 7.04. The van der Waals surface area contributed by atoms with Gasteiger partial charge in [0.05, 0.1) is 19.1 Å². The van der Waals surface area contributed by atoms with E-state index in [-0.39, 0.29) is 5.75 Å². The number of aliphatic carboxylic acids is 1. The van der Waals surface area contributed by atoms with Gasteiger partial charge in [-0.25, -0.2) is 0 Å². The molecule has 0 bridgehead atoms. The summed E-state index contributed by atoms with van der Waals surface area (Å²) >= 11 is 0. The van der Waals surface area contributed by atoms with Crippen LogP contribution in [0.2, 0.25) is 0 Å². The Hall–Kier alpha value is -1.59. The standard InChI is InChI=1S/C24H40O3.C4H9NO/c1-2-3-4-5-6-7-8-9-10-11-12-13-14-15-19-22(24(26)27)21-18-16-17-20-23(21)25;1-3-6-4-2-5-1/h16-18,20,22,25H,2-15,19H2,1H3,(H,26,27);5H,1-4H2. The average molecular weight is 464 g/mol. The monoisotopic (exact) mass is 463 g/mol. The number of ether oxygens (including phenoxy) is 1. The van der Waals surface area contributed by atoms with Gasteiger partial charge in [-0.15, -0.1) is 0 Å². The first-order valence-electron chi connectivity index (χ1n) is 13.5. The number of carbonyl (C=O) groups is 1. The lowest BCUT2D eigenvalue weighted by molar-refractivity contribution is -0.139. The molecule has 0 aromatic heterocycles. The van der Waals surface area contributed by atoms with Gasteiger partial charge in [-0.2, -0.15) is 0 Å². The van der Waals surface area contributed by atoms with Crippen LogP contribution in [0.15, 0.2) is 24.3 Å². The molecule has 0 radical (unpaired) electrons. The van der Waals surface area contributed by atoms with Crippen LogP contribution < -0.4 is 5.32 Å². The van der Waals surface area contributed by atoms with Gasteiger partial charge in [-0.1, -0.05) is 115 Å². The largest absolute Gasteiger partial charge is 0.508 e. The first kappa shape index (κ1) is 29.4. The number of morpholine rings is 1. The van der Waals surface area contributed by atoms with Crippen LogP contribution in [-0.4, -0.2) is 42.5 Å². The molecule has 1 saturated heterocycles. The molecule has 0 saturated carbocycles. The molecule has 1 atom stereocenters. The van der Waals surface area contributed by atoms with Gasteiger partial charge in [-0.3, -0.25) is 4.79 Å². The number of hydrogen-bond acceptors (Lipinski definition) is 4. The summed E-state index contributed by atoms with van der Waals surface area (Å²) in [7, 11) is 0. The summed E-state index contributed by atoms with van der Waals surface area (Å²) in [5.41, 5.74) is 0.541. The highest BCUT2D eigenvalue weighted by molar-refractivity contribution is 5.77. The molecule has 1 aliphatic rings. The van der Waals surface area contributed by atoms with Crippen LogP contribution in [0.1, 0.15) is 115 Å². The van der Waals surface area contributed by atoms with Crippen molar-refractivity contribution < 1.29 is 19.7 Å². The highest BCUT2D eigenvalue weighted by Crippen LogP contribution is 2.30. The number of nitrogens with one attached hydrogen (secondary N) is 1. The van der Waals surface area contributed by atoms with Crippen molar-refractivity contribution in [1.29, 1.82) is 0 Å². The summed E-state index contributed by atoms with van der Waals surface area (Å²) in [6.07, 6.45) is 18.7. The number of unbranched alkanes of at least 4 members (excludes halogenated alkanes) is 13. The maximum absolute atomic E-state index is 11.5. The van der Waals surface area contributed by atoms with Crippen LogP contribution in [0.4, 0.5) is 0 Å². The number of phenols is 1. The molecular weight excluding hydrogens is 414 g/mol. The molecule has 3 N–H and O–H groups in total. The Morgan fingerprint density at radius 1 is 0.848 bits per heavy atom. The van der Waals surface area contributed by atoms with Crippen molar-refractivity contribution >= 4 is 5.97 Å². The molecule has 1 aromatic rings. The molecule has 2 rings (SSSR count). The van der Waals surface area contributed by atoms with Crippen molar-refractivity contribution in [2.24, 2.45) is 0 Å². The van der Waals surface area contributed by atoms with Crippen molar-refractivity contribution in [2.45, 2.75) is 109 Å². The minimum absolute atomic E-state index is 0.0928. The Balaban J connectivity index is 0.000000779. The fourth-order valence-electron chi connectivity index (χ4n) is 4.25. The summed E-state index contributed by atoms with van der Waals surface area (Å²) in [5.74, 6) is -1.34. The SMILES string of the molecule is C1COCCN1.CCCCCCCCCCCCCCCCC(C(=O)O)c1ccccc1O. The van der Waals surface area contributed by atoms with Crippen molar-refractivity contribution in [3.63, 3.8) is 0 Å². The van der Waals surface area contributed by atoms with Crippen LogP contribution in [0.3, 0.4) is 0 Å². The maximum atomic E-state index is 11.5. The quantitative estimate of drug-likeness (QED) is 0.216. The van der Waals surface area contributed by atoms with E-state index in [9.17, 15) is 15.0 Å². The first-order chi connectivity index (χ1) is 16.2. The van der Waals surface area contributed by atoms with E-state index in [2.05, 4.69) is 12.2 Å². The van der Waals surface area contributed by atoms with Gasteiger partial charge in [0.2, 0.25) is 0 Å². The Morgan fingerprint density at radius 2 is 1.33 bits per heavy atom. The number of aromatic hydroxyl groups is 1. The second kappa shape index (κ2) is 21.0. The smallest absolute Gasteiger partial charge is 0.311 e. The number of benzene rings is 1. The second-order valence-electron chi connectivity index (χ2n) is 9.20. The number of carboxylic acids is 1. The minimum Gasteiger partial charge on any atom is -0.508 e. The van der Waals surface area contributed by atoms with Crippen molar-refractivity contribution in [2.75, 3.05) is 26.3 Å². The van der Waals surface area contributed by atoms with Gasteiger partial charge >= 0.3 is 5.97 Å². The van der Waals surface area contributed by atoms with E-state index in [0.717, 1.165) is 39.1 Å². The third-order valence-corrected chi connectivity index (χ3v) is 6.30. The summed E-state index contributed by atoms with van der Waals surface area (Å²) < 4.78 is 5.01. The number of carboxylic acid groups (broad SMARTS) is 1. The molecule has 5 heteroatoms. The number of para-hydroxylation sites is 1. The molecule has 0 spiro atoms.